The van der Waals surface area contributed by atoms with Crippen molar-refractivity contribution < 1.29 is 17.9 Å². The summed E-state index contributed by atoms with van der Waals surface area (Å²) in [5.41, 5.74) is 5.16. The number of hydrogen-bond donors (Lipinski definition) is 1. The van der Waals surface area contributed by atoms with Gasteiger partial charge in [-0.15, -0.1) is 0 Å². The maximum absolute atomic E-state index is 12.6. The number of ether oxygens (including phenoxy) is 1. The number of morpholine rings is 1. The van der Waals surface area contributed by atoms with Gasteiger partial charge in [-0.1, -0.05) is 6.07 Å². The number of aliphatic imine (C=N–C) groups is 1. The van der Waals surface area contributed by atoms with Crippen molar-refractivity contribution in [2.24, 2.45) is 10.7 Å². The van der Waals surface area contributed by atoms with Gasteiger partial charge in [0.15, 0.2) is 5.96 Å². The van der Waals surface area contributed by atoms with Gasteiger partial charge >= 0.3 is 6.18 Å². The summed E-state index contributed by atoms with van der Waals surface area (Å²) in [5.74, 6) is 0.296. The van der Waals surface area contributed by atoms with Crippen LogP contribution in [-0.2, 0) is 17.5 Å². The Kier molecular flexibility index (Phi) is 4.66. The molecule has 1 atom stereocenters. The highest BCUT2D eigenvalue weighted by molar-refractivity contribution is 5.78. The van der Waals surface area contributed by atoms with Crippen molar-refractivity contribution in [3.63, 3.8) is 0 Å². The van der Waals surface area contributed by atoms with Crippen molar-refractivity contribution in [3.8, 4) is 0 Å². The quantitative estimate of drug-likeness (QED) is 0.666. The van der Waals surface area contributed by atoms with Crippen molar-refractivity contribution in [1.29, 1.82) is 0 Å². The average molecular weight is 302 g/mol. The molecule has 0 radical (unpaired) electrons. The normalized spacial score (nSPS) is 20.7. The first-order chi connectivity index (χ1) is 9.86. The minimum atomic E-state index is -4.45. The van der Waals surface area contributed by atoms with Gasteiger partial charge in [0, 0.05) is 13.1 Å². The molecule has 1 unspecified atom stereocenters. The van der Waals surface area contributed by atoms with E-state index >= 15 is 0 Å². The van der Waals surface area contributed by atoms with Gasteiger partial charge in [0.05, 0.1) is 24.9 Å². The first kappa shape index (κ1) is 15.6. The van der Waals surface area contributed by atoms with Gasteiger partial charge in [-0.25, -0.2) is 9.98 Å². The van der Waals surface area contributed by atoms with Gasteiger partial charge in [-0.2, -0.15) is 13.2 Å². The van der Waals surface area contributed by atoms with E-state index in [-0.39, 0.29) is 18.3 Å². The lowest BCUT2D eigenvalue weighted by atomic mass is 10.3. The third-order valence-electron chi connectivity index (χ3n) is 3.07. The highest BCUT2D eigenvalue weighted by Crippen LogP contribution is 2.27. The molecule has 0 bridgehead atoms. The number of halogens is 3. The molecule has 116 valence electrons. The lowest BCUT2D eigenvalue weighted by molar-refractivity contribution is -0.141. The number of aromatic nitrogens is 1. The second kappa shape index (κ2) is 6.30. The Hall–Kier alpha value is -1.83. The number of hydrogen-bond acceptors (Lipinski definition) is 3. The molecule has 21 heavy (non-hydrogen) atoms. The lowest BCUT2D eigenvalue weighted by Gasteiger charge is -2.31. The minimum Gasteiger partial charge on any atom is -0.375 e. The van der Waals surface area contributed by atoms with Crippen LogP contribution in [0.1, 0.15) is 18.3 Å². The topological polar surface area (TPSA) is 63.7 Å². The monoisotopic (exact) mass is 302 g/mol. The van der Waals surface area contributed by atoms with Crippen LogP contribution in [0.3, 0.4) is 0 Å². The summed E-state index contributed by atoms with van der Waals surface area (Å²) in [6, 6.07) is 3.74. The minimum absolute atomic E-state index is 0.0154. The van der Waals surface area contributed by atoms with E-state index in [1.807, 2.05) is 11.8 Å². The summed E-state index contributed by atoms with van der Waals surface area (Å²) in [6.07, 6.45) is -4.40. The summed E-state index contributed by atoms with van der Waals surface area (Å²) >= 11 is 0. The summed E-state index contributed by atoms with van der Waals surface area (Å²) in [7, 11) is 0. The maximum atomic E-state index is 12.6. The van der Waals surface area contributed by atoms with Crippen LogP contribution in [0.2, 0.25) is 0 Å². The number of pyridine rings is 1. The van der Waals surface area contributed by atoms with E-state index in [1.165, 1.54) is 12.1 Å². The lowest BCUT2D eigenvalue weighted by Crippen LogP contribution is -2.47. The van der Waals surface area contributed by atoms with Crippen LogP contribution >= 0.6 is 0 Å². The highest BCUT2D eigenvalue weighted by atomic mass is 19.4. The van der Waals surface area contributed by atoms with Crippen LogP contribution in [0.4, 0.5) is 13.2 Å². The van der Waals surface area contributed by atoms with Crippen molar-refractivity contribution >= 4 is 5.96 Å². The molecule has 1 aromatic rings. The molecule has 2 N–H and O–H groups in total. The summed E-state index contributed by atoms with van der Waals surface area (Å²) in [4.78, 5) is 9.50. The van der Waals surface area contributed by atoms with E-state index in [4.69, 9.17) is 10.5 Å². The first-order valence-electron chi connectivity index (χ1n) is 6.56. The molecule has 0 amide bonds. The summed E-state index contributed by atoms with van der Waals surface area (Å²) in [5, 5.41) is 0. The van der Waals surface area contributed by atoms with E-state index in [2.05, 4.69) is 9.98 Å². The van der Waals surface area contributed by atoms with E-state index in [1.54, 1.807) is 0 Å². The molecule has 0 aromatic carbocycles. The van der Waals surface area contributed by atoms with E-state index in [9.17, 15) is 13.2 Å². The zero-order valence-corrected chi connectivity index (χ0v) is 11.6. The van der Waals surface area contributed by atoms with E-state index < -0.39 is 11.9 Å². The molecular weight excluding hydrogens is 285 g/mol. The molecule has 0 aliphatic carbocycles. The number of nitrogens with zero attached hydrogens (tertiary/aromatic N) is 3. The molecule has 1 fully saturated rings. The maximum Gasteiger partial charge on any atom is 0.433 e. The van der Waals surface area contributed by atoms with Gasteiger partial charge in [0.2, 0.25) is 0 Å². The predicted octanol–water partition coefficient (Wildman–Crippen LogP) is 1.64. The molecule has 2 rings (SSSR count). The summed E-state index contributed by atoms with van der Waals surface area (Å²) < 4.78 is 43.1. The third-order valence-corrected chi connectivity index (χ3v) is 3.07. The van der Waals surface area contributed by atoms with Crippen molar-refractivity contribution in [1.82, 2.24) is 9.88 Å². The van der Waals surface area contributed by atoms with Crippen LogP contribution in [-0.4, -0.2) is 41.6 Å². The van der Waals surface area contributed by atoms with E-state index in [0.717, 1.165) is 6.07 Å². The number of guanidine groups is 1. The zero-order valence-electron chi connectivity index (χ0n) is 11.6. The second-order valence-electron chi connectivity index (χ2n) is 4.81. The largest absolute Gasteiger partial charge is 0.433 e. The fraction of sp³-hybridized carbons (Fsp3) is 0.538. The van der Waals surface area contributed by atoms with Gasteiger partial charge < -0.3 is 15.4 Å². The molecule has 2 heterocycles. The third kappa shape index (κ3) is 4.32. The zero-order chi connectivity index (χ0) is 15.5. The van der Waals surface area contributed by atoms with Gasteiger partial charge in [-0.3, -0.25) is 0 Å². The SMILES string of the molecule is CC1CN(C(N)=NCc2cccc(C(F)(F)F)n2)CCO1. The second-order valence-corrected chi connectivity index (χ2v) is 4.81. The Morgan fingerprint density at radius 1 is 1.52 bits per heavy atom. The molecule has 5 nitrogen and oxygen atoms in total. The van der Waals surface area contributed by atoms with Gasteiger partial charge in [0.25, 0.3) is 0 Å². The Labute approximate surface area is 120 Å². The highest BCUT2D eigenvalue weighted by Gasteiger charge is 2.32. The number of rotatable bonds is 2. The molecule has 8 heteroatoms. The summed E-state index contributed by atoms with van der Waals surface area (Å²) in [6.45, 7) is 3.73. The molecule has 0 spiro atoms. The number of nitrogens with two attached hydrogens (primary N) is 1. The molecule has 1 aliphatic heterocycles. The Bertz CT molecular complexity index is 518. The van der Waals surface area contributed by atoms with Crippen LogP contribution in [0, 0.1) is 0 Å². The van der Waals surface area contributed by atoms with Crippen molar-refractivity contribution in [3.05, 3.63) is 29.6 Å². The molecule has 1 saturated heterocycles. The Morgan fingerprint density at radius 2 is 2.29 bits per heavy atom. The molecule has 1 aromatic heterocycles. The molecule has 1 aliphatic rings. The van der Waals surface area contributed by atoms with Crippen LogP contribution < -0.4 is 5.73 Å². The van der Waals surface area contributed by atoms with E-state index in [0.29, 0.717) is 25.7 Å². The Balaban J connectivity index is 2.03. The predicted molar refractivity (Wildman–Crippen MR) is 71.6 cm³/mol. The first-order valence-corrected chi connectivity index (χ1v) is 6.56. The molecule has 0 saturated carbocycles. The van der Waals surface area contributed by atoms with Crippen LogP contribution in [0.25, 0.3) is 0 Å². The standard InChI is InChI=1S/C13H17F3N4O/c1-9-8-20(5-6-21-9)12(17)18-7-10-3-2-4-11(19-10)13(14,15)16/h2-4,9H,5-8H2,1H3,(H2,17,18). The van der Waals surface area contributed by atoms with Crippen LogP contribution in [0.5, 0.6) is 0 Å². The van der Waals surface area contributed by atoms with Gasteiger partial charge in [-0.05, 0) is 19.1 Å². The smallest absolute Gasteiger partial charge is 0.375 e. The van der Waals surface area contributed by atoms with Crippen LogP contribution in [0.15, 0.2) is 23.2 Å². The van der Waals surface area contributed by atoms with Gasteiger partial charge in [0.1, 0.15) is 5.69 Å². The fourth-order valence-electron chi connectivity index (χ4n) is 2.01. The fourth-order valence-corrected chi connectivity index (χ4v) is 2.01. The van der Waals surface area contributed by atoms with Crippen molar-refractivity contribution in [2.45, 2.75) is 25.7 Å². The Morgan fingerprint density at radius 3 is 2.95 bits per heavy atom. The van der Waals surface area contributed by atoms with Crippen molar-refractivity contribution in [2.75, 3.05) is 19.7 Å². The average Bonchev–Trinajstić information content (AvgIpc) is 2.44. The molecular formula is C13H17F3N4O. The number of alkyl halides is 3.